The maximum Gasteiger partial charge on any atom is 0.0896 e. The van der Waals surface area contributed by atoms with Gasteiger partial charge in [-0.1, -0.05) is 19.3 Å². The lowest BCUT2D eigenvalue weighted by molar-refractivity contribution is 0.122. The van der Waals surface area contributed by atoms with Crippen LogP contribution in [0.4, 0.5) is 0 Å². The molecule has 88 valence electrons. The maximum atomic E-state index is 5.27. The lowest BCUT2D eigenvalue weighted by Gasteiger charge is -2.21. The minimum atomic E-state index is 0.566. The monoisotopic (exact) mass is 213 g/mol. The van der Waals surface area contributed by atoms with E-state index < -0.39 is 0 Å². The Labute approximate surface area is 93.3 Å². The standard InChI is InChI=1S/C11H23N3O/c1-4-6-8-12-14(10-5-2)13-9-7-11-15-3/h2,12-13H,4,6-11H2,1,3H3. The third kappa shape index (κ3) is 9.70. The van der Waals surface area contributed by atoms with E-state index in [1.807, 2.05) is 5.12 Å². The predicted molar refractivity (Wildman–Crippen MR) is 62.9 cm³/mol. The molecule has 0 spiro atoms. The summed E-state index contributed by atoms with van der Waals surface area (Å²) in [4.78, 5) is 0. The Morgan fingerprint density at radius 1 is 1.27 bits per heavy atom. The summed E-state index contributed by atoms with van der Waals surface area (Å²) in [7, 11) is 1.71. The fourth-order valence-corrected chi connectivity index (χ4v) is 1.08. The topological polar surface area (TPSA) is 36.5 Å². The van der Waals surface area contributed by atoms with Gasteiger partial charge in [0.15, 0.2) is 0 Å². The number of methoxy groups -OCH3 is 1. The number of hydrogen-bond donors (Lipinski definition) is 2. The summed E-state index contributed by atoms with van der Waals surface area (Å²) in [5.74, 6) is 2.61. The lowest BCUT2D eigenvalue weighted by atomic mass is 10.3. The van der Waals surface area contributed by atoms with E-state index in [-0.39, 0.29) is 0 Å². The van der Waals surface area contributed by atoms with Crippen LogP contribution in [0.1, 0.15) is 26.2 Å². The maximum absolute atomic E-state index is 5.27. The Morgan fingerprint density at radius 3 is 2.47 bits per heavy atom. The number of nitrogens with zero attached hydrogens (tertiary/aromatic N) is 1. The molecular formula is C11H23N3O. The molecule has 0 aromatic rings. The van der Waals surface area contributed by atoms with Crippen LogP contribution in [0.25, 0.3) is 0 Å². The molecule has 0 rings (SSSR count). The van der Waals surface area contributed by atoms with Gasteiger partial charge in [0.2, 0.25) is 0 Å². The second kappa shape index (κ2) is 11.5. The largest absolute Gasteiger partial charge is 0.385 e. The molecule has 0 aliphatic rings. The molecule has 0 fully saturated rings. The van der Waals surface area contributed by atoms with E-state index in [4.69, 9.17) is 11.2 Å². The molecule has 0 unspecified atom stereocenters. The van der Waals surface area contributed by atoms with Crippen molar-refractivity contribution in [2.75, 3.05) is 33.4 Å². The molecule has 0 saturated heterocycles. The van der Waals surface area contributed by atoms with Crippen molar-refractivity contribution in [2.24, 2.45) is 0 Å². The molecule has 0 aliphatic heterocycles. The zero-order valence-corrected chi connectivity index (χ0v) is 9.88. The van der Waals surface area contributed by atoms with Crippen molar-refractivity contribution in [1.82, 2.24) is 16.0 Å². The minimum absolute atomic E-state index is 0.566. The Hall–Kier alpha value is -0.600. The van der Waals surface area contributed by atoms with Gasteiger partial charge in [0.1, 0.15) is 0 Å². The molecule has 0 radical (unpaired) electrons. The minimum Gasteiger partial charge on any atom is -0.385 e. The molecule has 4 heteroatoms. The van der Waals surface area contributed by atoms with Crippen LogP contribution in [0.2, 0.25) is 0 Å². The fraction of sp³-hybridized carbons (Fsp3) is 0.818. The zero-order chi connectivity index (χ0) is 11.4. The second-order valence-corrected chi connectivity index (χ2v) is 3.31. The van der Waals surface area contributed by atoms with Gasteiger partial charge in [-0.25, -0.2) is 10.9 Å². The van der Waals surface area contributed by atoms with Crippen molar-refractivity contribution >= 4 is 0 Å². The summed E-state index contributed by atoms with van der Waals surface area (Å²) in [5.41, 5.74) is 6.45. The molecule has 0 aromatic heterocycles. The molecule has 0 aromatic carbocycles. The van der Waals surface area contributed by atoms with Crippen molar-refractivity contribution in [3.63, 3.8) is 0 Å². The van der Waals surface area contributed by atoms with Crippen molar-refractivity contribution in [3.05, 3.63) is 0 Å². The molecule has 2 N–H and O–H groups in total. The summed E-state index contributed by atoms with van der Waals surface area (Å²) >= 11 is 0. The van der Waals surface area contributed by atoms with Crippen LogP contribution in [0, 0.1) is 12.3 Å². The molecule has 0 aliphatic carbocycles. The summed E-state index contributed by atoms with van der Waals surface area (Å²) in [5, 5.41) is 1.87. The molecule has 0 bridgehead atoms. The van der Waals surface area contributed by atoms with E-state index in [1.54, 1.807) is 7.11 Å². The van der Waals surface area contributed by atoms with Crippen LogP contribution in [-0.4, -0.2) is 38.5 Å². The number of ether oxygens (including phenoxy) is 1. The SMILES string of the molecule is C#CCN(NCCCC)NCCCOC. The van der Waals surface area contributed by atoms with Crippen LogP contribution >= 0.6 is 0 Å². The van der Waals surface area contributed by atoms with Crippen molar-refractivity contribution in [3.8, 4) is 12.3 Å². The predicted octanol–water partition coefficient (Wildman–Crippen LogP) is 0.767. The normalized spacial score (nSPS) is 10.5. The number of unbranched alkanes of at least 4 members (excludes halogenated alkanes) is 1. The zero-order valence-electron chi connectivity index (χ0n) is 9.88. The van der Waals surface area contributed by atoms with Crippen LogP contribution < -0.4 is 10.9 Å². The van der Waals surface area contributed by atoms with Gasteiger partial charge in [0, 0.05) is 26.8 Å². The second-order valence-electron chi connectivity index (χ2n) is 3.31. The highest BCUT2D eigenvalue weighted by Gasteiger charge is 1.99. The van der Waals surface area contributed by atoms with E-state index in [9.17, 15) is 0 Å². The molecule has 15 heavy (non-hydrogen) atoms. The van der Waals surface area contributed by atoms with E-state index in [0.717, 1.165) is 32.5 Å². The first-order valence-corrected chi connectivity index (χ1v) is 5.52. The molecule has 0 heterocycles. The number of terminal acetylenes is 1. The molecule has 4 nitrogen and oxygen atoms in total. The number of nitrogens with one attached hydrogen (secondary N) is 2. The summed E-state index contributed by atoms with van der Waals surface area (Å²) in [6, 6.07) is 0. The van der Waals surface area contributed by atoms with E-state index in [1.165, 1.54) is 6.42 Å². The molecular weight excluding hydrogens is 190 g/mol. The van der Waals surface area contributed by atoms with Crippen molar-refractivity contribution in [2.45, 2.75) is 26.2 Å². The third-order valence-electron chi connectivity index (χ3n) is 1.91. The molecule has 0 saturated carbocycles. The third-order valence-corrected chi connectivity index (χ3v) is 1.91. The van der Waals surface area contributed by atoms with Gasteiger partial charge in [-0.05, 0) is 12.8 Å². The number of hydrogen-bond acceptors (Lipinski definition) is 4. The van der Waals surface area contributed by atoms with Crippen LogP contribution in [0.15, 0.2) is 0 Å². The highest BCUT2D eigenvalue weighted by atomic mass is 16.5. The van der Waals surface area contributed by atoms with Gasteiger partial charge in [0.05, 0.1) is 6.54 Å². The first-order valence-electron chi connectivity index (χ1n) is 5.52. The lowest BCUT2D eigenvalue weighted by Crippen LogP contribution is -2.49. The highest BCUT2D eigenvalue weighted by molar-refractivity contribution is 4.86. The van der Waals surface area contributed by atoms with Crippen LogP contribution in [0.5, 0.6) is 0 Å². The molecule has 0 amide bonds. The summed E-state index contributed by atoms with van der Waals surface area (Å²) in [6.45, 7) is 5.33. The molecule has 0 atom stereocenters. The Kier molecular flexibility index (Phi) is 11.0. The van der Waals surface area contributed by atoms with Crippen molar-refractivity contribution < 1.29 is 4.74 Å². The first-order chi connectivity index (χ1) is 7.35. The Balaban J connectivity index is 3.50. The van der Waals surface area contributed by atoms with Gasteiger partial charge >= 0.3 is 0 Å². The smallest absolute Gasteiger partial charge is 0.0896 e. The van der Waals surface area contributed by atoms with Gasteiger partial charge in [-0.15, -0.1) is 6.42 Å². The number of rotatable bonds is 10. The van der Waals surface area contributed by atoms with E-state index in [0.29, 0.717) is 6.54 Å². The highest BCUT2D eigenvalue weighted by Crippen LogP contribution is 1.85. The van der Waals surface area contributed by atoms with Crippen molar-refractivity contribution in [1.29, 1.82) is 0 Å². The average Bonchev–Trinajstić information content (AvgIpc) is 2.24. The number of hydrazine groups is 2. The average molecular weight is 213 g/mol. The first kappa shape index (κ1) is 14.4. The van der Waals surface area contributed by atoms with Gasteiger partial charge in [0.25, 0.3) is 0 Å². The Bertz CT molecular complexity index is 168. The van der Waals surface area contributed by atoms with Gasteiger partial charge in [-0.3, -0.25) is 0 Å². The van der Waals surface area contributed by atoms with Crippen LogP contribution in [0.3, 0.4) is 0 Å². The van der Waals surface area contributed by atoms with Crippen LogP contribution in [-0.2, 0) is 4.74 Å². The quantitative estimate of drug-likeness (QED) is 0.319. The Morgan fingerprint density at radius 2 is 1.93 bits per heavy atom. The fourth-order valence-electron chi connectivity index (χ4n) is 1.08. The summed E-state index contributed by atoms with van der Waals surface area (Å²) < 4.78 is 4.96. The van der Waals surface area contributed by atoms with E-state index in [2.05, 4.69) is 23.7 Å². The summed E-state index contributed by atoms with van der Waals surface area (Å²) in [6.07, 6.45) is 8.58. The van der Waals surface area contributed by atoms with E-state index >= 15 is 0 Å². The van der Waals surface area contributed by atoms with Gasteiger partial charge < -0.3 is 4.74 Å². The van der Waals surface area contributed by atoms with Gasteiger partial charge in [-0.2, -0.15) is 5.12 Å².